The van der Waals surface area contributed by atoms with Crippen molar-refractivity contribution in [3.05, 3.63) is 55.6 Å². The third-order valence-electron chi connectivity index (χ3n) is 10.5. The van der Waals surface area contributed by atoms with Crippen LogP contribution in [0.25, 0.3) is 0 Å². The van der Waals surface area contributed by atoms with Crippen LogP contribution in [0.2, 0.25) is 0 Å². The zero-order valence-corrected chi connectivity index (χ0v) is 49.7. The van der Waals surface area contributed by atoms with Gasteiger partial charge in [0.25, 0.3) is 17.7 Å². The van der Waals surface area contributed by atoms with Gasteiger partial charge in [-0.2, -0.15) is 0 Å². The van der Waals surface area contributed by atoms with Gasteiger partial charge in [0, 0.05) is 49.1 Å². The second-order valence-corrected chi connectivity index (χ2v) is 15.0. The standard InChI is InChI=1S/C37H57N5O12.C4H9NO3.6C2H6.CH2O.CH4/c1-18-19(2)30(36(53)39-25(12-43)13-44)22(5)33(20(18)3)41(8)10-28(50)29(51)11-42(17-48)34-23(6)31(35(52)38-9-27(49)16-47)21(4)32(24(34)7)37(54)40-26(14-45)15-46;6-2-4(8)1-5-3-7;7*1-2;/h17,25-29,43-47,49-51H,9-16H2,1-8H3,(H,38,52)(H,39,53)(H,40,54);3-4,6,8H,1-2H2,(H,5,7);6*1-2H3;1H2;1H4. The van der Waals surface area contributed by atoms with Crippen LogP contribution < -0.4 is 31.1 Å². The molecule has 0 spiro atoms. The van der Waals surface area contributed by atoms with Crippen molar-refractivity contribution in [3.63, 3.8) is 0 Å². The lowest BCUT2D eigenvalue weighted by Gasteiger charge is -2.33. The van der Waals surface area contributed by atoms with E-state index < -0.39 is 93.8 Å². The summed E-state index contributed by atoms with van der Waals surface area (Å²) in [6, 6.07) is -1.91. The fraction of sp³-hybridized carbons (Fsp3) is 0.673. The van der Waals surface area contributed by atoms with Crippen LogP contribution >= 0.6 is 0 Å². The first-order valence-corrected chi connectivity index (χ1v) is 26.1. The Hall–Kier alpha value is -5.14. The van der Waals surface area contributed by atoms with Crippen molar-refractivity contribution >= 4 is 48.7 Å². The Bertz CT molecular complexity index is 1850. The Morgan fingerprint density at radius 1 is 0.481 bits per heavy atom. The minimum Gasteiger partial charge on any atom is -0.394 e. The molecule has 0 heterocycles. The van der Waals surface area contributed by atoms with Gasteiger partial charge in [-0.25, -0.2) is 0 Å². The Morgan fingerprint density at radius 3 is 1.17 bits per heavy atom. The topological polar surface area (TPSA) is 359 Å². The highest BCUT2D eigenvalue weighted by molar-refractivity contribution is 6.07. The van der Waals surface area contributed by atoms with Gasteiger partial charge in [-0.15, -0.1) is 0 Å². The van der Waals surface area contributed by atoms with Gasteiger partial charge >= 0.3 is 0 Å². The number of aliphatic hydroxyl groups excluding tert-OH is 10. The summed E-state index contributed by atoms with van der Waals surface area (Å²) >= 11 is 0. The zero-order valence-electron chi connectivity index (χ0n) is 49.7. The van der Waals surface area contributed by atoms with Crippen LogP contribution in [-0.2, 0) is 14.4 Å². The number of nitrogens with zero attached hydrogens (tertiary/aromatic N) is 2. The molecule has 0 fully saturated rings. The SMILES string of the molecule is C.C=O.CC.CC.CC.CC.CC.CC.Cc1c(C)c(C(=O)NC(CO)CO)c(C)c(N(C)CC(O)C(O)CN(C=O)c2c(C)c(C(=O)NCC(O)CO)c(C)c(C(=O)NC(CO)CO)c2C)c1C.O=CNCC(O)CO. The van der Waals surface area contributed by atoms with Gasteiger partial charge in [0.2, 0.25) is 12.8 Å². The van der Waals surface area contributed by atoms with E-state index in [1.165, 1.54) is 20.8 Å². The fourth-order valence-corrected chi connectivity index (χ4v) is 6.99. The monoisotopic (exact) mass is 1110 g/mol. The third-order valence-corrected chi connectivity index (χ3v) is 10.5. The summed E-state index contributed by atoms with van der Waals surface area (Å²) in [5.74, 6) is -2.01. The van der Waals surface area contributed by atoms with Crippen LogP contribution in [0, 0.1) is 48.5 Å². The van der Waals surface area contributed by atoms with E-state index in [2.05, 4.69) is 21.3 Å². The highest BCUT2D eigenvalue weighted by Gasteiger charge is 2.31. The van der Waals surface area contributed by atoms with Crippen molar-refractivity contribution in [2.45, 2.75) is 175 Å². The summed E-state index contributed by atoms with van der Waals surface area (Å²) in [5, 5.41) is 106. The van der Waals surface area contributed by atoms with E-state index in [9.17, 15) is 64.8 Å². The summed E-state index contributed by atoms with van der Waals surface area (Å²) < 4.78 is 0. The Kier molecular flexibility index (Phi) is 62.3. The maximum atomic E-state index is 13.5. The van der Waals surface area contributed by atoms with Crippen LogP contribution in [0.1, 0.15) is 161 Å². The van der Waals surface area contributed by atoms with Crippen molar-refractivity contribution in [1.82, 2.24) is 21.3 Å². The maximum Gasteiger partial charge on any atom is 0.252 e. The molecular weight excluding hydrogens is 1000 g/mol. The third kappa shape index (κ3) is 30.0. The highest BCUT2D eigenvalue weighted by atomic mass is 16.3. The molecule has 14 N–H and O–H groups in total. The first-order valence-electron chi connectivity index (χ1n) is 26.1. The second kappa shape index (κ2) is 54.2. The van der Waals surface area contributed by atoms with Gasteiger partial charge in [-0.3, -0.25) is 24.0 Å². The van der Waals surface area contributed by atoms with E-state index in [-0.39, 0.29) is 67.2 Å². The molecule has 22 nitrogen and oxygen atoms in total. The van der Waals surface area contributed by atoms with E-state index >= 15 is 0 Å². The van der Waals surface area contributed by atoms with Crippen molar-refractivity contribution in [1.29, 1.82) is 0 Å². The van der Waals surface area contributed by atoms with Crippen molar-refractivity contribution in [3.8, 4) is 0 Å². The Balaban J connectivity index is -0.000000297. The number of likely N-dealkylation sites (N-methyl/N-ethyl adjacent to an activating group) is 1. The van der Waals surface area contributed by atoms with Crippen LogP contribution in [0.5, 0.6) is 0 Å². The number of hydrogen-bond acceptors (Lipinski definition) is 17. The molecule has 0 saturated carbocycles. The van der Waals surface area contributed by atoms with Crippen LogP contribution in [0.4, 0.5) is 11.4 Å². The zero-order chi connectivity index (χ0) is 61.6. The first-order chi connectivity index (χ1) is 36.2. The molecule has 5 amide bonds. The first kappa shape index (κ1) is 88.5. The minimum absolute atomic E-state index is 0. The molecule has 0 aliphatic heterocycles. The quantitative estimate of drug-likeness (QED) is 0.0672. The predicted molar refractivity (Wildman–Crippen MR) is 310 cm³/mol. The van der Waals surface area contributed by atoms with Crippen molar-refractivity contribution in [2.75, 3.05) is 82.7 Å². The van der Waals surface area contributed by atoms with Crippen molar-refractivity contribution in [2.24, 2.45) is 0 Å². The van der Waals surface area contributed by atoms with Gasteiger partial charge in [0.1, 0.15) is 6.79 Å². The number of carbonyl (C=O) groups is 6. The Morgan fingerprint density at radius 2 is 0.818 bits per heavy atom. The molecule has 0 aromatic heterocycles. The largest absolute Gasteiger partial charge is 0.394 e. The molecule has 4 unspecified atom stereocenters. The van der Waals surface area contributed by atoms with Gasteiger partial charge < -0.3 is 86.9 Å². The molecule has 77 heavy (non-hydrogen) atoms. The molecule has 2 aromatic rings. The molecule has 2 rings (SSSR count). The van der Waals surface area contributed by atoms with Crippen LogP contribution in [0.15, 0.2) is 0 Å². The van der Waals surface area contributed by atoms with Crippen LogP contribution in [-0.4, -0.2) is 198 Å². The lowest BCUT2D eigenvalue weighted by molar-refractivity contribution is -0.110. The molecule has 4 atom stereocenters. The van der Waals surface area contributed by atoms with Gasteiger partial charge in [-0.05, 0) is 87.4 Å². The molecule has 0 bridgehead atoms. The number of anilines is 2. The second-order valence-electron chi connectivity index (χ2n) is 15.0. The van der Waals surface area contributed by atoms with E-state index in [0.29, 0.717) is 35.2 Å². The normalized spacial score (nSPS) is 11.0. The minimum atomic E-state index is -1.58. The average molecular weight is 1110 g/mol. The number of carbonyl (C=O) groups excluding carboxylic acids is 6. The van der Waals surface area contributed by atoms with Crippen LogP contribution in [0.3, 0.4) is 0 Å². The summed E-state index contributed by atoms with van der Waals surface area (Å²) in [5.41, 5.74) is 4.36. The van der Waals surface area contributed by atoms with Crippen molar-refractivity contribution < 1.29 is 79.8 Å². The smallest absolute Gasteiger partial charge is 0.252 e. The molecule has 22 heteroatoms. The highest BCUT2D eigenvalue weighted by Crippen LogP contribution is 2.35. The Labute approximate surface area is 462 Å². The number of hydrogen-bond donors (Lipinski definition) is 14. The summed E-state index contributed by atoms with van der Waals surface area (Å²) in [6.07, 6.45) is -4.32. The summed E-state index contributed by atoms with van der Waals surface area (Å²) in [7, 11) is 1.66. The molecule has 0 radical (unpaired) electrons. The van der Waals surface area contributed by atoms with E-state index in [1.54, 1.807) is 25.8 Å². The van der Waals surface area contributed by atoms with Gasteiger partial charge in [0.05, 0.1) is 88.4 Å². The average Bonchev–Trinajstić information content (AvgIpc) is 3.45. The number of amides is 5. The number of benzene rings is 2. The molecule has 0 aliphatic carbocycles. The number of aliphatic hydroxyl groups is 10. The molecule has 2 aromatic carbocycles. The van der Waals surface area contributed by atoms with E-state index in [4.69, 9.17) is 15.0 Å². The number of nitrogens with one attached hydrogen (secondary N) is 4. The summed E-state index contributed by atoms with van der Waals surface area (Å²) in [4.78, 5) is 73.2. The van der Waals surface area contributed by atoms with Gasteiger partial charge in [0.15, 0.2) is 0 Å². The van der Waals surface area contributed by atoms with E-state index in [1.807, 2.05) is 104 Å². The molecular formula is C55H108N6O16. The lowest BCUT2D eigenvalue weighted by Crippen LogP contribution is -2.45. The fourth-order valence-electron chi connectivity index (χ4n) is 6.99. The van der Waals surface area contributed by atoms with Gasteiger partial charge in [-0.1, -0.05) is 90.5 Å². The summed E-state index contributed by atoms with van der Waals surface area (Å²) in [6.45, 7) is 33.8. The molecule has 0 saturated heterocycles. The predicted octanol–water partition coefficient (Wildman–Crippen LogP) is 2.61. The lowest BCUT2D eigenvalue weighted by atomic mass is 9.89. The number of rotatable bonds is 24. The molecule has 0 aliphatic rings. The molecule has 454 valence electrons. The maximum absolute atomic E-state index is 13.5. The van der Waals surface area contributed by atoms with E-state index in [0.717, 1.165) is 16.0 Å².